The molecule has 0 aliphatic rings. The summed E-state index contributed by atoms with van der Waals surface area (Å²) in [5, 5.41) is 0. The normalized spacial score (nSPS) is 10.6. The number of carbonyl (C=O) groups excluding carboxylic acids is 1. The van der Waals surface area contributed by atoms with E-state index in [9.17, 15) is 4.79 Å². The van der Waals surface area contributed by atoms with Crippen LogP contribution in [-0.2, 0) is 16.1 Å². The van der Waals surface area contributed by atoms with Crippen LogP contribution < -0.4 is 9.47 Å². The Hall–Kier alpha value is -2.40. The average Bonchev–Trinajstić information content (AvgIpc) is 2.64. The van der Waals surface area contributed by atoms with Crippen LogP contribution in [0.4, 0.5) is 0 Å². The van der Waals surface area contributed by atoms with Crippen molar-refractivity contribution < 1.29 is 19.0 Å². The number of thioether (sulfide) groups is 1. The first-order valence-electron chi connectivity index (χ1n) is 7.36. The molecular formula is C19H20O4S. The summed E-state index contributed by atoms with van der Waals surface area (Å²) in [6, 6.07) is 13.4. The van der Waals surface area contributed by atoms with E-state index in [2.05, 4.69) is 0 Å². The highest BCUT2D eigenvalue weighted by molar-refractivity contribution is 7.98. The Morgan fingerprint density at radius 3 is 2.46 bits per heavy atom. The van der Waals surface area contributed by atoms with E-state index in [1.54, 1.807) is 38.1 Å². The Balaban J connectivity index is 1.97. The smallest absolute Gasteiger partial charge is 0.331 e. The van der Waals surface area contributed by atoms with Gasteiger partial charge in [0.15, 0.2) is 11.5 Å². The second kappa shape index (κ2) is 9.03. The van der Waals surface area contributed by atoms with Crippen molar-refractivity contribution in [3.8, 4) is 11.5 Å². The molecule has 24 heavy (non-hydrogen) atoms. The van der Waals surface area contributed by atoms with Gasteiger partial charge in [0.2, 0.25) is 0 Å². The topological polar surface area (TPSA) is 44.8 Å². The molecule has 4 nitrogen and oxygen atoms in total. The van der Waals surface area contributed by atoms with Crippen LogP contribution in [0.3, 0.4) is 0 Å². The van der Waals surface area contributed by atoms with Crippen molar-refractivity contribution in [2.24, 2.45) is 0 Å². The molecule has 0 aliphatic carbocycles. The molecule has 2 aromatic rings. The lowest BCUT2D eigenvalue weighted by Gasteiger charge is -2.09. The number of rotatable bonds is 7. The van der Waals surface area contributed by atoms with Gasteiger partial charge in [-0.05, 0) is 36.1 Å². The number of benzene rings is 2. The molecule has 0 fully saturated rings. The summed E-state index contributed by atoms with van der Waals surface area (Å²) in [6.45, 7) is 0.243. The van der Waals surface area contributed by atoms with Gasteiger partial charge in [0.25, 0.3) is 0 Å². The van der Waals surface area contributed by atoms with Crippen molar-refractivity contribution in [1.82, 2.24) is 0 Å². The summed E-state index contributed by atoms with van der Waals surface area (Å²) in [7, 11) is 3.13. The molecule has 0 saturated heterocycles. The van der Waals surface area contributed by atoms with Gasteiger partial charge >= 0.3 is 5.97 Å². The zero-order valence-electron chi connectivity index (χ0n) is 13.9. The van der Waals surface area contributed by atoms with Crippen LogP contribution in [0, 0.1) is 0 Å². The lowest BCUT2D eigenvalue weighted by atomic mass is 10.1. The SMILES string of the molecule is COc1cccc(/C=C/C(=O)OCc2ccc(SC)cc2)c1OC. The summed E-state index contributed by atoms with van der Waals surface area (Å²) in [5.74, 6) is 0.785. The van der Waals surface area contributed by atoms with E-state index in [1.807, 2.05) is 42.7 Å². The Bertz CT molecular complexity index is 708. The molecule has 0 radical (unpaired) electrons. The first-order valence-corrected chi connectivity index (χ1v) is 8.59. The molecule has 0 amide bonds. The Morgan fingerprint density at radius 2 is 1.83 bits per heavy atom. The predicted octanol–water partition coefficient (Wildman–Crippen LogP) is 4.18. The molecule has 2 rings (SSSR count). The van der Waals surface area contributed by atoms with Crippen molar-refractivity contribution in [3.05, 3.63) is 59.7 Å². The second-order valence-electron chi connectivity index (χ2n) is 4.87. The average molecular weight is 344 g/mol. The molecule has 0 atom stereocenters. The van der Waals surface area contributed by atoms with Crippen molar-refractivity contribution >= 4 is 23.8 Å². The van der Waals surface area contributed by atoms with Crippen molar-refractivity contribution in [3.63, 3.8) is 0 Å². The van der Waals surface area contributed by atoms with E-state index < -0.39 is 5.97 Å². The lowest BCUT2D eigenvalue weighted by Crippen LogP contribution is -2.01. The van der Waals surface area contributed by atoms with Gasteiger partial charge in [-0.3, -0.25) is 0 Å². The first kappa shape index (κ1) is 17.9. The fraction of sp³-hybridized carbons (Fsp3) is 0.211. The van der Waals surface area contributed by atoms with Gasteiger partial charge in [0.05, 0.1) is 14.2 Å². The third kappa shape index (κ3) is 4.80. The maximum atomic E-state index is 11.9. The van der Waals surface area contributed by atoms with Crippen LogP contribution in [0.15, 0.2) is 53.4 Å². The molecule has 5 heteroatoms. The quantitative estimate of drug-likeness (QED) is 0.428. The summed E-state index contributed by atoms with van der Waals surface area (Å²) in [5.41, 5.74) is 1.70. The zero-order chi connectivity index (χ0) is 17.4. The maximum Gasteiger partial charge on any atom is 0.331 e. The highest BCUT2D eigenvalue weighted by Crippen LogP contribution is 2.31. The fourth-order valence-corrected chi connectivity index (χ4v) is 2.53. The Morgan fingerprint density at radius 1 is 1.08 bits per heavy atom. The number of methoxy groups -OCH3 is 2. The standard InChI is InChI=1S/C19H20O4S/c1-21-17-6-4-5-15(19(17)22-2)9-12-18(20)23-13-14-7-10-16(24-3)11-8-14/h4-12H,13H2,1-3H3/b12-9+. The van der Waals surface area contributed by atoms with Gasteiger partial charge in [-0.1, -0.05) is 24.3 Å². The minimum atomic E-state index is -0.409. The fourth-order valence-electron chi connectivity index (χ4n) is 2.13. The van der Waals surface area contributed by atoms with E-state index in [4.69, 9.17) is 14.2 Å². The zero-order valence-corrected chi connectivity index (χ0v) is 14.8. The van der Waals surface area contributed by atoms with Crippen LogP contribution in [0.25, 0.3) is 6.08 Å². The van der Waals surface area contributed by atoms with E-state index >= 15 is 0 Å². The van der Waals surface area contributed by atoms with E-state index in [1.165, 1.54) is 11.0 Å². The largest absolute Gasteiger partial charge is 0.493 e. The highest BCUT2D eigenvalue weighted by atomic mass is 32.2. The number of carbonyl (C=O) groups is 1. The third-order valence-corrected chi connectivity index (χ3v) is 4.12. The molecule has 0 heterocycles. The molecule has 0 unspecified atom stereocenters. The second-order valence-corrected chi connectivity index (χ2v) is 5.75. The van der Waals surface area contributed by atoms with Crippen molar-refractivity contribution in [2.75, 3.05) is 20.5 Å². The summed E-state index contributed by atoms with van der Waals surface area (Å²) in [4.78, 5) is 13.1. The number of ether oxygens (including phenoxy) is 3. The minimum Gasteiger partial charge on any atom is -0.493 e. The Labute approximate surface area is 146 Å². The Kier molecular flexibility index (Phi) is 6.75. The lowest BCUT2D eigenvalue weighted by molar-refractivity contribution is -0.138. The molecule has 0 bridgehead atoms. The molecule has 0 aliphatic heterocycles. The van der Waals surface area contributed by atoms with Gasteiger partial charge in [0, 0.05) is 16.5 Å². The van der Waals surface area contributed by atoms with Gasteiger partial charge in [-0.15, -0.1) is 11.8 Å². The molecular weight excluding hydrogens is 324 g/mol. The highest BCUT2D eigenvalue weighted by Gasteiger charge is 2.07. The molecule has 0 saturated carbocycles. The first-order chi connectivity index (χ1) is 11.7. The minimum absolute atomic E-state index is 0.243. The van der Waals surface area contributed by atoms with Gasteiger partial charge in [-0.25, -0.2) is 4.79 Å². The summed E-state index contributed by atoms with van der Waals surface area (Å²) >= 11 is 1.67. The number of hydrogen-bond acceptors (Lipinski definition) is 5. The van der Waals surface area contributed by atoms with Crippen LogP contribution in [0.5, 0.6) is 11.5 Å². The van der Waals surface area contributed by atoms with Crippen LogP contribution in [0.1, 0.15) is 11.1 Å². The van der Waals surface area contributed by atoms with Crippen LogP contribution in [0.2, 0.25) is 0 Å². The van der Waals surface area contributed by atoms with Gasteiger partial charge in [0.1, 0.15) is 6.61 Å². The molecule has 0 N–H and O–H groups in total. The van der Waals surface area contributed by atoms with Crippen molar-refractivity contribution in [2.45, 2.75) is 11.5 Å². The van der Waals surface area contributed by atoms with Crippen LogP contribution >= 0.6 is 11.8 Å². The molecule has 0 spiro atoms. The number of para-hydroxylation sites is 1. The van der Waals surface area contributed by atoms with Gasteiger partial charge in [-0.2, -0.15) is 0 Å². The van der Waals surface area contributed by atoms with E-state index in [0.29, 0.717) is 11.5 Å². The molecule has 2 aromatic carbocycles. The van der Waals surface area contributed by atoms with E-state index in [-0.39, 0.29) is 6.61 Å². The van der Waals surface area contributed by atoms with Crippen LogP contribution in [-0.4, -0.2) is 26.4 Å². The molecule has 126 valence electrons. The predicted molar refractivity (Wildman–Crippen MR) is 96.6 cm³/mol. The maximum absolute atomic E-state index is 11.9. The summed E-state index contributed by atoms with van der Waals surface area (Å²) < 4.78 is 15.8. The third-order valence-electron chi connectivity index (χ3n) is 3.37. The number of esters is 1. The van der Waals surface area contributed by atoms with Gasteiger partial charge < -0.3 is 14.2 Å². The van der Waals surface area contributed by atoms with E-state index in [0.717, 1.165) is 11.1 Å². The monoisotopic (exact) mass is 344 g/mol. The van der Waals surface area contributed by atoms with Crippen molar-refractivity contribution in [1.29, 1.82) is 0 Å². The summed E-state index contributed by atoms with van der Waals surface area (Å²) in [6.07, 6.45) is 5.06. The number of hydrogen-bond donors (Lipinski definition) is 0. The molecule has 0 aromatic heterocycles.